The van der Waals surface area contributed by atoms with Crippen molar-refractivity contribution in [1.82, 2.24) is 20.2 Å². The van der Waals surface area contributed by atoms with E-state index in [1.807, 2.05) is 18.2 Å². The Hall–Kier alpha value is -3.80. The van der Waals surface area contributed by atoms with E-state index in [-0.39, 0.29) is 11.8 Å². The largest absolute Gasteiger partial charge is 0.352 e. The number of hydrogen-bond donors (Lipinski definition) is 1. The van der Waals surface area contributed by atoms with Crippen molar-refractivity contribution in [1.29, 1.82) is 0 Å². The van der Waals surface area contributed by atoms with Crippen LogP contribution in [0.5, 0.6) is 0 Å². The molecule has 1 unspecified atom stereocenters. The number of nitrogens with one attached hydrogen (secondary N) is 1. The Morgan fingerprint density at radius 2 is 2.03 bits per heavy atom. The van der Waals surface area contributed by atoms with Crippen LogP contribution < -0.4 is 5.32 Å². The summed E-state index contributed by atoms with van der Waals surface area (Å²) in [6.45, 7) is 6.99. The van der Waals surface area contributed by atoms with Crippen molar-refractivity contribution >= 4 is 11.8 Å². The molecule has 1 fully saturated rings. The Bertz CT molecular complexity index is 1160. The quantitative estimate of drug-likeness (QED) is 0.567. The van der Waals surface area contributed by atoms with E-state index in [1.54, 1.807) is 11.0 Å². The highest BCUT2D eigenvalue weighted by molar-refractivity contribution is 5.93. The molecule has 1 saturated heterocycles. The van der Waals surface area contributed by atoms with Crippen LogP contribution in [-0.4, -0.2) is 46.3 Å². The summed E-state index contributed by atoms with van der Waals surface area (Å²) in [5.74, 6) is -0.260. The van der Waals surface area contributed by atoms with E-state index in [0.29, 0.717) is 38.2 Å². The van der Waals surface area contributed by atoms with Gasteiger partial charge in [-0.05, 0) is 36.5 Å². The standard InChI is InChI=1S/C27H28N4O2/c1-3-12-30-26(33)27(11-15-31(19-27)25(32)24-18-28-13-14-29-24)17-22-8-4-5-10-23(22)21-9-6-7-20(2)16-21/h3-10,13-14,16,18H,1,11-12,15,17,19H2,2H3,(H,30,33). The van der Waals surface area contributed by atoms with E-state index < -0.39 is 5.41 Å². The third kappa shape index (κ3) is 4.85. The minimum absolute atomic E-state index is 0.0594. The molecule has 1 N–H and O–H groups in total. The molecule has 2 aromatic carbocycles. The summed E-state index contributed by atoms with van der Waals surface area (Å²) in [7, 11) is 0. The van der Waals surface area contributed by atoms with E-state index in [1.165, 1.54) is 24.2 Å². The molecule has 0 bridgehead atoms. The Labute approximate surface area is 194 Å². The number of carbonyl (C=O) groups excluding carboxylic acids is 2. The Balaban J connectivity index is 1.66. The normalized spacial score (nSPS) is 17.5. The van der Waals surface area contributed by atoms with Crippen molar-refractivity contribution in [2.75, 3.05) is 19.6 Å². The lowest BCUT2D eigenvalue weighted by Gasteiger charge is -2.29. The van der Waals surface area contributed by atoms with Crippen LogP contribution in [0, 0.1) is 12.3 Å². The molecule has 168 valence electrons. The summed E-state index contributed by atoms with van der Waals surface area (Å²) < 4.78 is 0. The fraction of sp³-hybridized carbons (Fsp3) is 0.259. The molecule has 1 aliphatic heterocycles. The third-order valence-corrected chi connectivity index (χ3v) is 6.19. The lowest BCUT2D eigenvalue weighted by Crippen LogP contribution is -2.45. The molecule has 2 amide bonds. The van der Waals surface area contributed by atoms with E-state index in [0.717, 1.165) is 16.7 Å². The summed E-state index contributed by atoms with van der Waals surface area (Å²) in [5.41, 5.74) is 4.06. The first-order valence-corrected chi connectivity index (χ1v) is 11.1. The van der Waals surface area contributed by atoms with Crippen molar-refractivity contribution in [2.24, 2.45) is 5.41 Å². The Morgan fingerprint density at radius 3 is 2.79 bits per heavy atom. The van der Waals surface area contributed by atoms with Gasteiger partial charge in [0.05, 0.1) is 11.6 Å². The first-order chi connectivity index (χ1) is 16.0. The lowest BCUT2D eigenvalue weighted by atomic mass is 9.78. The molecule has 4 rings (SSSR count). The Kier molecular flexibility index (Phi) is 6.63. The number of nitrogens with zero attached hydrogens (tertiary/aromatic N) is 3. The molecule has 0 radical (unpaired) electrons. The zero-order chi connectivity index (χ0) is 23.3. The predicted octanol–water partition coefficient (Wildman–Crippen LogP) is 3.83. The maximum atomic E-state index is 13.4. The topological polar surface area (TPSA) is 75.2 Å². The molecule has 0 saturated carbocycles. The maximum Gasteiger partial charge on any atom is 0.274 e. The van der Waals surface area contributed by atoms with Gasteiger partial charge >= 0.3 is 0 Å². The number of aryl methyl sites for hydroxylation is 1. The second kappa shape index (κ2) is 9.77. The van der Waals surface area contributed by atoms with Crippen molar-refractivity contribution in [3.63, 3.8) is 0 Å². The summed E-state index contributed by atoms with van der Waals surface area (Å²) in [5, 5.41) is 2.98. The van der Waals surface area contributed by atoms with Crippen LogP contribution in [0.4, 0.5) is 0 Å². The Morgan fingerprint density at radius 1 is 1.18 bits per heavy atom. The van der Waals surface area contributed by atoms with Gasteiger partial charge in [-0.1, -0.05) is 60.2 Å². The first kappa shape index (κ1) is 22.4. The van der Waals surface area contributed by atoms with Gasteiger partial charge in [-0.15, -0.1) is 6.58 Å². The molecular formula is C27H28N4O2. The van der Waals surface area contributed by atoms with E-state index in [9.17, 15) is 9.59 Å². The summed E-state index contributed by atoms with van der Waals surface area (Å²) >= 11 is 0. The van der Waals surface area contributed by atoms with Crippen LogP contribution in [0.2, 0.25) is 0 Å². The van der Waals surface area contributed by atoms with Crippen LogP contribution in [0.15, 0.2) is 79.8 Å². The molecular weight excluding hydrogens is 412 g/mol. The minimum Gasteiger partial charge on any atom is -0.352 e. The van der Waals surface area contributed by atoms with Gasteiger partial charge < -0.3 is 10.2 Å². The van der Waals surface area contributed by atoms with Gasteiger partial charge in [0.25, 0.3) is 5.91 Å². The van der Waals surface area contributed by atoms with Crippen molar-refractivity contribution in [2.45, 2.75) is 19.8 Å². The van der Waals surface area contributed by atoms with E-state index >= 15 is 0 Å². The van der Waals surface area contributed by atoms with Crippen LogP contribution in [0.3, 0.4) is 0 Å². The van der Waals surface area contributed by atoms with Gasteiger partial charge in [0.1, 0.15) is 5.69 Å². The zero-order valence-corrected chi connectivity index (χ0v) is 18.8. The maximum absolute atomic E-state index is 13.4. The zero-order valence-electron chi connectivity index (χ0n) is 18.8. The smallest absolute Gasteiger partial charge is 0.274 e. The molecule has 1 aliphatic rings. The fourth-order valence-corrected chi connectivity index (χ4v) is 4.51. The van der Waals surface area contributed by atoms with Gasteiger partial charge in [0.15, 0.2) is 0 Å². The minimum atomic E-state index is -0.735. The highest BCUT2D eigenvalue weighted by atomic mass is 16.2. The summed E-state index contributed by atoms with van der Waals surface area (Å²) in [6.07, 6.45) is 7.28. The monoisotopic (exact) mass is 440 g/mol. The van der Waals surface area contributed by atoms with Crippen LogP contribution in [-0.2, 0) is 11.2 Å². The number of likely N-dealkylation sites (tertiary alicyclic amines) is 1. The molecule has 6 heteroatoms. The fourth-order valence-electron chi connectivity index (χ4n) is 4.51. The van der Waals surface area contributed by atoms with Crippen molar-refractivity contribution in [3.05, 3.63) is 96.6 Å². The molecule has 0 aliphatic carbocycles. The first-order valence-electron chi connectivity index (χ1n) is 11.1. The highest BCUT2D eigenvalue weighted by Gasteiger charge is 2.46. The van der Waals surface area contributed by atoms with Gasteiger partial charge in [-0.3, -0.25) is 14.6 Å². The van der Waals surface area contributed by atoms with Crippen LogP contribution in [0.25, 0.3) is 11.1 Å². The van der Waals surface area contributed by atoms with Gasteiger partial charge in [0, 0.05) is 32.0 Å². The molecule has 3 aromatic rings. The second-order valence-electron chi connectivity index (χ2n) is 8.55. The second-order valence-corrected chi connectivity index (χ2v) is 8.55. The van der Waals surface area contributed by atoms with Gasteiger partial charge in [-0.25, -0.2) is 4.98 Å². The number of carbonyl (C=O) groups is 2. The van der Waals surface area contributed by atoms with E-state index in [4.69, 9.17) is 0 Å². The molecule has 6 nitrogen and oxygen atoms in total. The van der Waals surface area contributed by atoms with Crippen molar-refractivity contribution < 1.29 is 9.59 Å². The number of rotatable bonds is 7. The number of amides is 2. The average molecular weight is 441 g/mol. The molecule has 2 heterocycles. The van der Waals surface area contributed by atoms with Crippen LogP contribution >= 0.6 is 0 Å². The number of hydrogen-bond acceptors (Lipinski definition) is 4. The lowest BCUT2D eigenvalue weighted by molar-refractivity contribution is -0.130. The average Bonchev–Trinajstić information content (AvgIpc) is 3.28. The van der Waals surface area contributed by atoms with Crippen molar-refractivity contribution in [3.8, 4) is 11.1 Å². The van der Waals surface area contributed by atoms with Gasteiger partial charge in [0.2, 0.25) is 5.91 Å². The van der Waals surface area contributed by atoms with Gasteiger partial charge in [-0.2, -0.15) is 0 Å². The molecule has 33 heavy (non-hydrogen) atoms. The number of benzene rings is 2. The summed E-state index contributed by atoms with van der Waals surface area (Å²) in [6, 6.07) is 16.6. The summed E-state index contributed by atoms with van der Waals surface area (Å²) in [4.78, 5) is 36.3. The predicted molar refractivity (Wildman–Crippen MR) is 129 cm³/mol. The van der Waals surface area contributed by atoms with Crippen LogP contribution in [0.1, 0.15) is 28.0 Å². The third-order valence-electron chi connectivity index (χ3n) is 6.19. The van der Waals surface area contributed by atoms with E-state index in [2.05, 4.69) is 59.1 Å². The molecule has 1 aromatic heterocycles. The number of aromatic nitrogens is 2. The molecule has 1 atom stereocenters. The molecule has 0 spiro atoms. The SMILES string of the molecule is C=CCNC(=O)C1(Cc2ccccc2-c2cccc(C)c2)CCN(C(=O)c2cnccn2)C1. The highest BCUT2D eigenvalue weighted by Crippen LogP contribution is 2.38.